The van der Waals surface area contributed by atoms with Crippen molar-refractivity contribution in [1.29, 1.82) is 0 Å². The Morgan fingerprint density at radius 3 is 3.11 bits per heavy atom. The predicted molar refractivity (Wildman–Crippen MR) is 71.9 cm³/mol. The normalized spacial score (nSPS) is 13.2. The van der Waals surface area contributed by atoms with Gasteiger partial charge in [0.25, 0.3) is 0 Å². The molecule has 0 atom stereocenters. The smallest absolute Gasteiger partial charge is 0.162 e. The van der Waals surface area contributed by atoms with Crippen molar-refractivity contribution in [2.24, 2.45) is 5.73 Å². The number of fused-ring (bicyclic) bond motifs is 1. The van der Waals surface area contributed by atoms with Gasteiger partial charge in [0.05, 0.1) is 13.2 Å². The predicted octanol–water partition coefficient (Wildman–Crippen LogP) is 1.47. The Labute approximate surface area is 115 Å². The molecule has 98 valence electrons. The first-order chi connectivity index (χ1) is 8.70. The molecular weight excluding hydrogens is 298 g/mol. The Hall–Kier alpha value is -0.910. The quantitative estimate of drug-likeness (QED) is 0.808. The molecule has 0 amide bonds. The third-order valence-corrected chi connectivity index (χ3v) is 3.20. The van der Waals surface area contributed by atoms with E-state index in [-0.39, 0.29) is 12.4 Å². The second-order valence-electron chi connectivity index (χ2n) is 4.21. The van der Waals surface area contributed by atoms with Crippen LogP contribution in [0.2, 0.25) is 0 Å². The molecule has 0 bridgehead atoms. The SMILES string of the molecule is NCCOCC(=O)Cc1cc(Br)cc2c1OCC2. The molecule has 0 radical (unpaired) electrons. The lowest BCUT2D eigenvalue weighted by atomic mass is 10.0. The Kier molecular flexibility index (Phi) is 4.74. The van der Waals surface area contributed by atoms with Crippen LogP contribution in [0.5, 0.6) is 5.75 Å². The topological polar surface area (TPSA) is 61.5 Å². The molecule has 18 heavy (non-hydrogen) atoms. The van der Waals surface area contributed by atoms with E-state index in [0.29, 0.717) is 26.2 Å². The van der Waals surface area contributed by atoms with E-state index in [1.165, 1.54) is 0 Å². The number of carbonyl (C=O) groups is 1. The minimum absolute atomic E-state index is 0.0410. The third-order valence-electron chi connectivity index (χ3n) is 2.74. The zero-order valence-electron chi connectivity index (χ0n) is 10.1. The van der Waals surface area contributed by atoms with E-state index in [1.807, 2.05) is 12.1 Å². The summed E-state index contributed by atoms with van der Waals surface area (Å²) in [6, 6.07) is 3.98. The van der Waals surface area contributed by atoms with Gasteiger partial charge >= 0.3 is 0 Å². The molecule has 0 saturated heterocycles. The molecule has 1 aromatic carbocycles. The van der Waals surface area contributed by atoms with Gasteiger partial charge in [0.1, 0.15) is 12.4 Å². The van der Waals surface area contributed by atoms with Crippen LogP contribution in [0.25, 0.3) is 0 Å². The molecule has 5 heteroatoms. The fourth-order valence-electron chi connectivity index (χ4n) is 2.01. The van der Waals surface area contributed by atoms with Gasteiger partial charge in [0, 0.05) is 29.4 Å². The van der Waals surface area contributed by atoms with Gasteiger partial charge in [0.2, 0.25) is 0 Å². The number of rotatable bonds is 6. The van der Waals surface area contributed by atoms with Gasteiger partial charge in [-0.3, -0.25) is 4.79 Å². The minimum Gasteiger partial charge on any atom is -0.493 e. The lowest BCUT2D eigenvalue weighted by Crippen LogP contribution is -2.16. The average molecular weight is 314 g/mol. The number of ketones is 1. The number of nitrogens with two attached hydrogens (primary N) is 1. The maximum atomic E-state index is 11.8. The monoisotopic (exact) mass is 313 g/mol. The lowest BCUT2D eigenvalue weighted by Gasteiger charge is -2.08. The molecule has 1 aliphatic rings. The van der Waals surface area contributed by atoms with Crippen LogP contribution in [0.1, 0.15) is 11.1 Å². The van der Waals surface area contributed by atoms with Gasteiger partial charge in [-0.05, 0) is 17.7 Å². The van der Waals surface area contributed by atoms with E-state index in [4.69, 9.17) is 15.2 Å². The molecule has 4 nitrogen and oxygen atoms in total. The zero-order valence-corrected chi connectivity index (χ0v) is 11.7. The molecule has 1 heterocycles. The maximum Gasteiger partial charge on any atom is 0.162 e. The Balaban J connectivity index is 2.03. The van der Waals surface area contributed by atoms with Crippen LogP contribution in [-0.2, 0) is 22.4 Å². The highest BCUT2D eigenvalue weighted by Crippen LogP contribution is 2.33. The van der Waals surface area contributed by atoms with Crippen molar-refractivity contribution in [3.63, 3.8) is 0 Å². The van der Waals surface area contributed by atoms with Crippen LogP contribution >= 0.6 is 15.9 Å². The van der Waals surface area contributed by atoms with E-state index in [2.05, 4.69) is 15.9 Å². The Bertz CT molecular complexity index is 448. The van der Waals surface area contributed by atoms with Crippen molar-refractivity contribution >= 4 is 21.7 Å². The Morgan fingerprint density at radius 1 is 1.50 bits per heavy atom. The van der Waals surface area contributed by atoms with Crippen molar-refractivity contribution in [1.82, 2.24) is 0 Å². The number of benzene rings is 1. The highest BCUT2D eigenvalue weighted by atomic mass is 79.9. The van der Waals surface area contributed by atoms with Crippen molar-refractivity contribution < 1.29 is 14.3 Å². The molecule has 0 aliphatic carbocycles. The van der Waals surface area contributed by atoms with Gasteiger partial charge in [-0.25, -0.2) is 0 Å². The molecule has 0 aromatic heterocycles. The van der Waals surface area contributed by atoms with Crippen molar-refractivity contribution in [3.8, 4) is 5.75 Å². The molecule has 0 saturated carbocycles. The summed E-state index contributed by atoms with van der Waals surface area (Å²) in [6.45, 7) is 1.65. The molecule has 0 fully saturated rings. The Morgan fingerprint density at radius 2 is 2.33 bits per heavy atom. The van der Waals surface area contributed by atoms with Crippen molar-refractivity contribution in [3.05, 3.63) is 27.7 Å². The number of hydrogen-bond donors (Lipinski definition) is 1. The van der Waals surface area contributed by atoms with E-state index < -0.39 is 0 Å². The number of carbonyl (C=O) groups excluding carboxylic acids is 1. The molecule has 2 rings (SSSR count). The highest BCUT2D eigenvalue weighted by Gasteiger charge is 2.19. The molecule has 1 aromatic rings. The van der Waals surface area contributed by atoms with Gasteiger partial charge in [-0.1, -0.05) is 15.9 Å². The number of halogens is 1. The average Bonchev–Trinajstić information content (AvgIpc) is 2.77. The van der Waals surface area contributed by atoms with E-state index >= 15 is 0 Å². The summed E-state index contributed by atoms with van der Waals surface area (Å²) in [5.41, 5.74) is 7.39. The number of hydrogen-bond acceptors (Lipinski definition) is 4. The van der Waals surface area contributed by atoms with Gasteiger partial charge in [-0.2, -0.15) is 0 Å². The first-order valence-corrected chi connectivity index (χ1v) is 6.73. The van der Waals surface area contributed by atoms with Gasteiger partial charge < -0.3 is 15.2 Å². The lowest BCUT2D eigenvalue weighted by molar-refractivity contribution is -0.122. The zero-order chi connectivity index (χ0) is 13.0. The van der Waals surface area contributed by atoms with E-state index in [9.17, 15) is 4.79 Å². The van der Waals surface area contributed by atoms with Gasteiger partial charge in [0.15, 0.2) is 5.78 Å². The minimum atomic E-state index is 0.0410. The van der Waals surface area contributed by atoms with E-state index in [0.717, 1.165) is 27.8 Å². The maximum absolute atomic E-state index is 11.8. The fourth-order valence-corrected chi connectivity index (χ4v) is 2.56. The van der Waals surface area contributed by atoms with Crippen LogP contribution < -0.4 is 10.5 Å². The third kappa shape index (κ3) is 3.31. The summed E-state index contributed by atoms with van der Waals surface area (Å²) < 4.78 is 11.7. The first-order valence-electron chi connectivity index (χ1n) is 5.94. The first kappa shape index (κ1) is 13.5. The summed E-state index contributed by atoms with van der Waals surface area (Å²) in [4.78, 5) is 11.8. The van der Waals surface area contributed by atoms with Crippen LogP contribution in [0, 0.1) is 0 Å². The van der Waals surface area contributed by atoms with Gasteiger partial charge in [-0.15, -0.1) is 0 Å². The standard InChI is InChI=1S/C13H16BrNO3/c14-11-5-9-1-3-18-13(9)10(6-11)7-12(16)8-17-4-2-15/h5-6H,1-4,7-8,15H2. The van der Waals surface area contributed by atoms with Crippen LogP contribution in [0.15, 0.2) is 16.6 Å². The molecule has 0 spiro atoms. The summed E-state index contributed by atoms with van der Waals surface area (Å²) in [5, 5.41) is 0. The molecule has 2 N–H and O–H groups in total. The summed E-state index contributed by atoms with van der Waals surface area (Å²) in [7, 11) is 0. The van der Waals surface area contributed by atoms with Crippen LogP contribution in [0.3, 0.4) is 0 Å². The molecule has 1 aliphatic heterocycles. The number of ether oxygens (including phenoxy) is 2. The summed E-state index contributed by atoms with van der Waals surface area (Å²) in [6.07, 6.45) is 1.24. The molecular formula is C13H16BrNO3. The molecule has 0 unspecified atom stereocenters. The largest absolute Gasteiger partial charge is 0.493 e. The number of Topliss-reactive ketones (excluding diaryl/α,β-unsaturated/α-hetero) is 1. The summed E-state index contributed by atoms with van der Waals surface area (Å²) >= 11 is 3.45. The fraction of sp³-hybridized carbons (Fsp3) is 0.462. The summed E-state index contributed by atoms with van der Waals surface area (Å²) in [5.74, 6) is 0.907. The van der Waals surface area contributed by atoms with E-state index in [1.54, 1.807) is 0 Å². The highest BCUT2D eigenvalue weighted by molar-refractivity contribution is 9.10. The second-order valence-corrected chi connectivity index (χ2v) is 5.12. The van der Waals surface area contributed by atoms with Crippen LogP contribution in [-0.4, -0.2) is 32.1 Å². The van der Waals surface area contributed by atoms with Crippen molar-refractivity contribution in [2.75, 3.05) is 26.4 Å². The van der Waals surface area contributed by atoms with Crippen molar-refractivity contribution in [2.45, 2.75) is 12.8 Å². The van der Waals surface area contributed by atoms with Crippen LogP contribution in [0.4, 0.5) is 0 Å². The second kappa shape index (κ2) is 6.31.